The van der Waals surface area contributed by atoms with Crippen molar-refractivity contribution in [3.63, 3.8) is 0 Å². The molecule has 6 aromatic heterocycles. The molecule has 0 radical (unpaired) electrons. The summed E-state index contributed by atoms with van der Waals surface area (Å²) in [6.07, 6.45) is 0. The van der Waals surface area contributed by atoms with E-state index >= 15 is 0 Å². The molecule has 0 aliphatic heterocycles. The highest BCUT2D eigenvalue weighted by Gasteiger charge is 2.27. The second kappa shape index (κ2) is 24.3. The van der Waals surface area contributed by atoms with Gasteiger partial charge in [0.1, 0.15) is 22.3 Å². The Morgan fingerprint density at radius 1 is 0.279 bits per heavy atom. The van der Waals surface area contributed by atoms with Gasteiger partial charge in [-0.2, -0.15) is 0 Å². The van der Waals surface area contributed by atoms with E-state index in [0.29, 0.717) is 17.0 Å². The summed E-state index contributed by atoms with van der Waals surface area (Å²) >= 11 is 3.71. The maximum Gasteiger partial charge on any atom is 0.145 e. The van der Waals surface area contributed by atoms with E-state index < -0.39 is 18.1 Å². The van der Waals surface area contributed by atoms with Crippen LogP contribution < -0.4 is 9.80 Å². The maximum atomic E-state index is 8.90. The number of hydrogen-bond acceptors (Lipinski definition) is 6. The smallest absolute Gasteiger partial charge is 0.145 e. The van der Waals surface area contributed by atoms with E-state index in [0.717, 1.165) is 116 Å². The van der Waals surface area contributed by atoms with Crippen LogP contribution in [0.15, 0.2) is 373 Å². The Morgan fingerprint density at radius 2 is 0.731 bits per heavy atom. The molecule has 488 valence electrons. The van der Waals surface area contributed by atoms with Gasteiger partial charge in [-0.05, 0) is 139 Å². The van der Waals surface area contributed by atoms with E-state index in [1.165, 1.54) is 56.6 Å². The second-order valence-corrected chi connectivity index (χ2v) is 28.4. The van der Waals surface area contributed by atoms with Crippen LogP contribution in [0.3, 0.4) is 0 Å². The summed E-state index contributed by atoms with van der Waals surface area (Å²) in [5.41, 5.74) is 18.7. The fraction of sp³-hybridized carbons (Fsp3) is 0. The molecule has 104 heavy (non-hydrogen) atoms. The standard InChI is InChI=1S/C54H32N2OS2.C42H28N2O/c1-2-13-33(14-3-1)56-45-21-8-4-15-36(45)41-19-12-20-42(53(41)56)43-29-30-46(52-44-18-5-9-22-47(44)57-54(43)52)55(34-25-27-39-37-16-6-10-23-48(37)58-50(39)31-34)35-26-28-40-38-17-7-11-24-49(38)59-51(40)32-35;1-3-12-30(13-4-1)43(33-26-27-37-36-17-8-10-21-40(36)45-41(37)28-33)32-24-22-29(23-25-32)34-18-11-19-38-35-16-7-9-20-39(35)44(42(34)38)31-14-5-2-6-15-31/h1-32H;1-28H/i;1D,3D,4D,12D,13D. The van der Waals surface area contributed by atoms with Gasteiger partial charge in [0.2, 0.25) is 0 Å². The molecule has 0 bridgehead atoms. The third kappa shape index (κ3) is 9.61. The van der Waals surface area contributed by atoms with Crippen molar-refractivity contribution >= 4 is 185 Å². The van der Waals surface area contributed by atoms with Crippen LogP contribution >= 0.6 is 22.7 Å². The van der Waals surface area contributed by atoms with Gasteiger partial charge >= 0.3 is 0 Å². The minimum atomic E-state index is -0.436. The predicted octanol–water partition coefficient (Wildman–Crippen LogP) is 28.4. The van der Waals surface area contributed by atoms with E-state index in [1.807, 2.05) is 108 Å². The van der Waals surface area contributed by atoms with Crippen molar-refractivity contribution in [2.75, 3.05) is 9.80 Å². The molecule has 0 atom stereocenters. The largest absolute Gasteiger partial charge is 0.456 e. The van der Waals surface area contributed by atoms with Gasteiger partial charge in [0.05, 0.1) is 40.0 Å². The lowest BCUT2D eigenvalue weighted by Crippen LogP contribution is -2.10. The van der Waals surface area contributed by atoms with Gasteiger partial charge < -0.3 is 27.8 Å². The van der Waals surface area contributed by atoms with Crippen molar-refractivity contribution in [1.82, 2.24) is 9.13 Å². The molecule has 0 aliphatic carbocycles. The van der Waals surface area contributed by atoms with E-state index in [-0.39, 0.29) is 17.8 Å². The molecule has 0 amide bonds. The van der Waals surface area contributed by atoms with Gasteiger partial charge in [-0.15, -0.1) is 22.7 Å². The SMILES string of the molecule is [2H]c1c([2H])c([2H])c(N(c2ccc(-c3cccc4c5ccccc5n(-c5ccccc5)c34)cc2)c2ccc3c(c2)oc2ccccc23)c([2H])c1[2H].c1ccc(-n2c3ccccc3c3cccc(-c4ccc(N(c5ccc6c(c5)sc5ccccc56)c5ccc6c(c5)sc5ccccc56)c5c4oc4ccccc45)c32)cc1. The third-order valence-electron chi connectivity index (χ3n) is 20.5. The Bertz CT molecular complexity index is 7320. The topological polar surface area (TPSA) is 42.6 Å². The van der Waals surface area contributed by atoms with Crippen LogP contribution in [0.2, 0.25) is 0 Å². The quantitative estimate of drug-likeness (QED) is 0.137. The lowest BCUT2D eigenvalue weighted by molar-refractivity contribution is 0.669. The summed E-state index contributed by atoms with van der Waals surface area (Å²) in [6, 6.07) is 115. The van der Waals surface area contributed by atoms with Gasteiger partial charge in [-0.25, -0.2) is 0 Å². The van der Waals surface area contributed by atoms with Crippen molar-refractivity contribution in [3.05, 3.63) is 364 Å². The number of hydrogen-bond donors (Lipinski definition) is 0. The van der Waals surface area contributed by atoms with Crippen molar-refractivity contribution in [3.8, 4) is 33.6 Å². The Morgan fingerprint density at radius 3 is 1.34 bits per heavy atom. The highest BCUT2D eigenvalue weighted by atomic mass is 32.1. The Labute approximate surface area is 612 Å². The molecule has 6 heterocycles. The molecule has 8 heteroatoms. The van der Waals surface area contributed by atoms with Crippen LogP contribution in [0.5, 0.6) is 0 Å². The predicted molar refractivity (Wildman–Crippen MR) is 442 cm³/mol. The van der Waals surface area contributed by atoms with Gasteiger partial charge in [-0.3, -0.25) is 0 Å². The normalized spacial score (nSPS) is 12.5. The molecule has 22 rings (SSSR count). The molecular formula is C96H60N4O2S2. The average Bonchev–Trinajstić information content (AvgIpc) is 1.60. The minimum absolute atomic E-state index is 0.0607. The molecule has 22 aromatic rings. The zero-order chi connectivity index (χ0) is 72.7. The van der Waals surface area contributed by atoms with Crippen molar-refractivity contribution in [2.24, 2.45) is 0 Å². The summed E-state index contributed by atoms with van der Waals surface area (Å²) in [4.78, 5) is 4.17. The highest BCUT2D eigenvalue weighted by Crippen LogP contribution is 2.51. The first-order valence-electron chi connectivity index (χ1n) is 37.3. The highest BCUT2D eigenvalue weighted by molar-refractivity contribution is 7.26. The number of thiophene rings is 2. The fourth-order valence-electron chi connectivity index (χ4n) is 15.9. The second-order valence-electron chi connectivity index (χ2n) is 26.2. The fourth-order valence-corrected chi connectivity index (χ4v) is 18.2. The molecule has 0 N–H and O–H groups in total. The Balaban J connectivity index is 0.000000141. The van der Waals surface area contributed by atoms with Crippen LogP contribution in [0.4, 0.5) is 34.1 Å². The van der Waals surface area contributed by atoms with E-state index in [4.69, 9.17) is 15.7 Å². The summed E-state index contributed by atoms with van der Waals surface area (Å²) < 4.78 is 66.1. The average molecular weight is 1370 g/mol. The van der Waals surface area contributed by atoms with Gasteiger partial charge in [0, 0.05) is 141 Å². The number of rotatable bonds is 10. The zero-order valence-electron chi connectivity index (χ0n) is 60.7. The van der Waals surface area contributed by atoms with Crippen LogP contribution in [0.25, 0.3) is 161 Å². The molecule has 0 saturated carbocycles. The number of benzene rings is 16. The van der Waals surface area contributed by atoms with E-state index in [9.17, 15) is 0 Å². The van der Waals surface area contributed by atoms with Crippen LogP contribution in [-0.4, -0.2) is 9.13 Å². The molecule has 0 spiro atoms. The monoisotopic (exact) mass is 1370 g/mol. The maximum absolute atomic E-state index is 8.90. The number of nitrogens with zero attached hydrogens (tertiary/aromatic N) is 4. The number of furan rings is 2. The lowest BCUT2D eigenvalue weighted by atomic mass is 9.97. The molecule has 16 aromatic carbocycles. The summed E-state index contributed by atoms with van der Waals surface area (Å²) in [6.45, 7) is 0. The number of para-hydroxylation sites is 9. The Hall–Kier alpha value is -13.2. The Kier molecular flexibility index (Phi) is 12.7. The molecular weight excluding hydrogens is 1310 g/mol. The third-order valence-corrected chi connectivity index (χ3v) is 22.7. The van der Waals surface area contributed by atoms with Gasteiger partial charge in [-0.1, -0.05) is 224 Å². The number of fused-ring (bicyclic) bond motifs is 18. The molecule has 0 aliphatic rings. The van der Waals surface area contributed by atoms with Crippen LogP contribution in [0.1, 0.15) is 6.85 Å². The van der Waals surface area contributed by atoms with Crippen molar-refractivity contribution < 1.29 is 15.7 Å². The molecule has 6 nitrogen and oxygen atoms in total. The summed E-state index contributed by atoms with van der Waals surface area (Å²) in [7, 11) is 0. The van der Waals surface area contributed by atoms with E-state index in [2.05, 4.69) is 263 Å². The first-order valence-corrected chi connectivity index (χ1v) is 36.4. The number of aromatic nitrogens is 2. The first-order chi connectivity index (χ1) is 53.7. The number of anilines is 6. The van der Waals surface area contributed by atoms with Crippen molar-refractivity contribution in [1.29, 1.82) is 0 Å². The first kappa shape index (κ1) is 54.6. The molecule has 0 saturated heterocycles. The minimum Gasteiger partial charge on any atom is -0.456 e. The summed E-state index contributed by atoms with van der Waals surface area (Å²) in [5, 5.41) is 14.0. The van der Waals surface area contributed by atoms with Crippen LogP contribution in [-0.2, 0) is 0 Å². The molecule has 0 fully saturated rings. The zero-order valence-corrected chi connectivity index (χ0v) is 57.3. The van der Waals surface area contributed by atoms with Gasteiger partial charge in [0.25, 0.3) is 0 Å². The van der Waals surface area contributed by atoms with Gasteiger partial charge in [0.15, 0.2) is 0 Å². The van der Waals surface area contributed by atoms with E-state index in [1.54, 1.807) is 4.90 Å². The molecule has 0 unspecified atom stereocenters. The van der Waals surface area contributed by atoms with Crippen LogP contribution in [0, 0.1) is 0 Å². The summed E-state index contributed by atoms with van der Waals surface area (Å²) in [5.74, 6) is 0. The van der Waals surface area contributed by atoms with Crippen molar-refractivity contribution in [2.45, 2.75) is 0 Å². The lowest BCUT2D eigenvalue weighted by Gasteiger charge is -2.27.